The van der Waals surface area contributed by atoms with Crippen LogP contribution in [0.1, 0.15) is 79.6 Å². The molecule has 0 spiro atoms. The van der Waals surface area contributed by atoms with Gasteiger partial charge in [-0.05, 0) is 73.1 Å². The van der Waals surface area contributed by atoms with E-state index in [4.69, 9.17) is 15.9 Å². The predicted octanol–water partition coefficient (Wildman–Crippen LogP) is 5.96. The number of terminal acetylenes is 1. The fourth-order valence-corrected chi connectivity index (χ4v) is 3.62. The maximum Gasteiger partial charge on any atom is 0.410 e. The van der Waals surface area contributed by atoms with Gasteiger partial charge in [0, 0.05) is 19.0 Å². The van der Waals surface area contributed by atoms with Gasteiger partial charge in [-0.15, -0.1) is 13.0 Å². The molecule has 0 aromatic rings. The minimum absolute atomic E-state index is 0.420. The Balaban J connectivity index is 3.09. The van der Waals surface area contributed by atoms with Crippen LogP contribution in [0.15, 0.2) is 36.5 Å². The second-order valence-corrected chi connectivity index (χ2v) is 9.23. The van der Waals surface area contributed by atoms with E-state index >= 15 is 0 Å². The van der Waals surface area contributed by atoms with Crippen LogP contribution in [0.25, 0.3) is 0 Å². The fraction of sp³-hybridized carbons (Fsp3) is 0.615. The molecule has 0 bridgehead atoms. The molecule has 31 heavy (non-hydrogen) atoms. The van der Waals surface area contributed by atoms with E-state index in [0.717, 1.165) is 31.3 Å². The van der Waals surface area contributed by atoms with Crippen molar-refractivity contribution in [2.24, 2.45) is 0 Å². The molecular formula is C26H39NO4. The average molecular weight is 430 g/mol. The average Bonchev–Trinajstić information content (AvgIpc) is 3.16. The van der Waals surface area contributed by atoms with E-state index in [-0.39, 0.29) is 0 Å². The van der Waals surface area contributed by atoms with E-state index in [1.165, 1.54) is 6.08 Å². The van der Waals surface area contributed by atoms with Crippen LogP contribution in [0.4, 0.5) is 4.79 Å². The van der Waals surface area contributed by atoms with E-state index in [1.807, 2.05) is 40.7 Å². The van der Waals surface area contributed by atoms with Crippen LogP contribution in [0, 0.1) is 12.3 Å². The van der Waals surface area contributed by atoms with Crippen LogP contribution in [0.2, 0.25) is 0 Å². The zero-order valence-electron chi connectivity index (χ0n) is 19.9. The Bertz CT molecular complexity index is 719. The Kier molecular flexibility index (Phi) is 10.6. The molecule has 0 aromatic carbocycles. The Morgan fingerprint density at radius 2 is 1.90 bits per heavy atom. The topological polar surface area (TPSA) is 55.8 Å². The Labute approximate surface area is 188 Å². The van der Waals surface area contributed by atoms with Crippen LogP contribution < -0.4 is 0 Å². The molecule has 1 aliphatic rings. The first-order valence-corrected chi connectivity index (χ1v) is 11.2. The van der Waals surface area contributed by atoms with Gasteiger partial charge in [-0.2, -0.15) is 0 Å². The SMILES string of the molecule is C#C[C@@](CCC=C(C)C)(OC(=O)/C=C/CCCC=C)[C@H]1CCCN1C(=O)OC(C)(C)C. The lowest BCUT2D eigenvalue weighted by molar-refractivity contribution is -0.153. The monoisotopic (exact) mass is 429 g/mol. The summed E-state index contributed by atoms with van der Waals surface area (Å²) in [5.74, 6) is 2.27. The van der Waals surface area contributed by atoms with E-state index < -0.39 is 29.3 Å². The van der Waals surface area contributed by atoms with Gasteiger partial charge in [0.05, 0.1) is 6.04 Å². The van der Waals surface area contributed by atoms with E-state index in [0.29, 0.717) is 25.8 Å². The number of hydrogen-bond donors (Lipinski definition) is 0. The maximum atomic E-state index is 12.8. The first kappa shape index (κ1) is 26.6. The Morgan fingerprint density at radius 3 is 2.48 bits per heavy atom. The van der Waals surface area contributed by atoms with E-state index in [2.05, 4.69) is 18.6 Å². The van der Waals surface area contributed by atoms with Gasteiger partial charge in [0.1, 0.15) is 5.60 Å². The van der Waals surface area contributed by atoms with Crippen molar-refractivity contribution in [2.75, 3.05) is 6.54 Å². The Hall–Kier alpha value is -2.48. The highest BCUT2D eigenvalue weighted by molar-refractivity contribution is 5.82. The molecule has 1 heterocycles. The summed E-state index contributed by atoms with van der Waals surface area (Å²) < 4.78 is 11.5. The van der Waals surface area contributed by atoms with Crippen molar-refractivity contribution >= 4 is 12.1 Å². The van der Waals surface area contributed by atoms with Crippen molar-refractivity contribution < 1.29 is 19.1 Å². The lowest BCUT2D eigenvalue weighted by atomic mass is 9.87. The minimum Gasteiger partial charge on any atom is -0.444 e. The number of likely N-dealkylation sites (tertiary alicyclic amines) is 1. The number of carbonyl (C=O) groups excluding carboxylic acids is 2. The summed E-state index contributed by atoms with van der Waals surface area (Å²) in [7, 11) is 0. The maximum absolute atomic E-state index is 12.8. The highest BCUT2D eigenvalue weighted by Crippen LogP contribution is 2.35. The summed E-state index contributed by atoms with van der Waals surface area (Å²) in [5.41, 5.74) is -0.660. The van der Waals surface area contributed by atoms with Crippen LogP contribution in [-0.4, -0.2) is 40.8 Å². The van der Waals surface area contributed by atoms with Gasteiger partial charge in [0.25, 0.3) is 0 Å². The molecule has 2 atom stereocenters. The van der Waals surface area contributed by atoms with Crippen molar-refractivity contribution in [2.45, 2.75) is 96.8 Å². The minimum atomic E-state index is -1.21. The molecule has 1 amide bonds. The molecule has 1 rings (SSSR count). The number of esters is 1. The number of allylic oxidation sites excluding steroid dienone is 4. The van der Waals surface area contributed by atoms with E-state index in [1.54, 1.807) is 11.0 Å². The standard InChI is InChI=1S/C26H39NO4/c1-8-10-11-12-13-18-23(28)30-26(9-2,19-14-16-21(3)4)22-17-15-20-27(22)24(29)31-25(5,6)7/h2,8,13,16,18,22H,1,10-12,14-15,17,19-20H2,3-7H3/b18-13+/t22-,26+/m1/s1. The third-order valence-corrected chi connectivity index (χ3v) is 5.05. The van der Waals surface area contributed by atoms with Gasteiger partial charge in [-0.25, -0.2) is 9.59 Å². The normalized spacial score (nSPS) is 18.2. The number of unbranched alkanes of at least 4 members (excludes halogenated alkanes) is 2. The zero-order chi connectivity index (χ0) is 23.5. The highest BCUT2D eigenvalue weighted by Gasteiger charge is 2.48. The second-order valence-electron chi connectivity index (χ2n) is 9.23. The number of ether oxygens (including phenoxy) is 2. The van der Waals surface area contributed by atoms with Crippen molar-refractivity contribution in [3.63, 3.8) is 0 Å². The molecule has 5 heteroatoms. The zero-order valence-corrected chi connectivity index (χ0v) is 19.9. The molecule has 5 nitrogen and oxygen atoms in total. The first-order chi connectivity index (χ1) is 14.5. The molecule has 0 saturated carbocycles. The first-order valence-electron chi connectivity index (χ1n) is 11.2. The summed E-state index contributed by atoms with van der Waals surface area (Å²) in [4.78, 5) is 27.1. The second kappa shape index (κ2) is 12.4. The number of hydrogen-bond acceptors (Lipinski definition) is 4. The smallest absolute Gasteiger partial charge is 0.410 e. The Morgan fingerprint density at radius 1 is 1.19 bits per heavy atom. The van der Waals surface area contributed by atoms with Gasteiger partial charge in [0.2, 0.25) is 0 Å². The van der Waals surface area contributed by atoms with Crippen LogP contribution in [0.3, 0.4) is 0 Å². The van der Waals surface area contributed by atoms with E-state index in [9.17, 15) is 9.59 Å². The van der Waals surface area contributed by atoms with Crippen LogP contribution in [0.5, 0.6) is 0 Å². The third kappa shape index (κ3) is 9.04. The number of rotatable bonds is 10. The van der Waals surface area contributed by atoms with Gasteiger partial charge in [0.15, 0.2) is 5.60 Å². The molecule has 1 fully saturated rings. The lowest BCUT2D eigenvalue weighted by Gasteiger charge is -2.39. The largest absolute Gasteiger partial charge is 0.444 e. The molecule has 172 valence electrons. The van der Waals surface area contributed by atoms with Crippen LogP contribution >= 0.6 is 0 Å². The number of carbonyl (C=O) groups is 2. The summed E-state index contributed by atoms with van der Waals surface area (Å²) in [6.07, 6.45) is 17.8. The molecule has 1 aliphatic heterocycles. The highest BCUT2D eigenvalue weighted by atomic mass is 16.6. The molecule has 0 radical (unpaired) electrons. The fourth-order valence-electron chi connectivity index (χ4n) is 3.62. The molecule has 1 saturated heterocycles. The molecule has 0 unspecified atom stereocenters. The summed E-state index contributed by atoms with van der Waals surface area (Å²) in [6.45, 7) is 13.7. The predicted molar refractivity (Wildman–Crippen MR) is 125 cm³/mol. The van der Waals surface area contributed by atoms with Crippen LogP contribution in [-0.2, 0) is 14.3 Å². The van der Waals surface area contributed by atoms with Crippen molar-refractivity contribution in [3.8, 4) is 12.3 Å². The quantitative estimate of drug-likeness (QED) is 0.141. The summed E-state index contributed by atoms with van der Waals surface area (Å²) >= 11 is 0. The van der Waals surface area contributed by atoms with Gasteiger partial charge < -0.3 is 14.4 Å². The van der Waals surface area contributed by atoms with Gasteiger partial charge >= 0.3 is 12.1 Å². The molecule has 0 N–H and O–H groups in total. The summed E-state index contributed by atoms with van der Waals surface area (Å²) in [6, 6.07) is -0.420. The molecule has 0 aromatic heterocycles. The van der Waals surface area contributed by atoms with Gasteiger partial charge in [-0.3, -0.25) is 0 Å². The van der Waals surface area contributed by atoms with Crippen molar-refractivity contribution in [3.05, 3.63) is 36.5 Å². The van der Waals surface area contributed by atoms with Gasteiger partial charge in [-0.1, -0.05) is 29.7 Å². The summed E-state index contributed by atoms with van der Waals surface area (Å²) in [5, 5.41) is 0. The van der Waals surface area contributed by atoms with Crippen molar-refractivity contribution in [1.82, 2.24) is 4.90 Å². The third-order valence-electron chi connectivity index (χ3n) is 5.05. The molecule has 0 aliphatic carbocycles. The lowest BCUT2D eigenvalue weighted by Crippen LogP contribution is -2.54. The van der Waals surface area contributed by atoms with Crippen molar-refractivity contribution in [1.29, 1.82) is 0 Å². The number of amides is 1. The number of nitrogens with zero attached hydrogens (tertiary/aromatic N) is 1. The molecular weight excluding hydrogens is 390 g/mol.